The van der Waals surface area contributed by atoms with Crippen molar-refractivity contribution >= 4 is 21.8 Å². The molecule has 1 saturated carbocycles. The number of phenols is 1. The van der Waals surface area contributed by atoms with Gasteiger partial charge in [0.05, 0.1) is 5.56 Å². The molecular formula is C14H18BrNO3. The molecular weight excluding hydrogens is 310 g/mol. The third-order valence-electron chi connectivity index (χ3n) is 3.52. The highest BCUT2D eigenvalue weighted by atomic mass is 79.9. The number of aliphatic hydroxyl groups is 1. The summed E-state index contributed by atoms with van der Waals surface area (Å²) in [5.74, 6) is -0.157. The summed E-state index contributed by atoms with van der Waals surface area (Å²) in [6.45, 7) is 0.609. The van der Waals surface area contributed by atoms with Gasteiger partial charge < -0.3 is 15.1 Å². The van der Waals surface area contributed by atoms with Crippen LogP contribution in [0, 0.1) is 0 Å². The summed E-state index contributed by atoms with van der Waals surface area (Å²) in [5.41, 5.74) is 0.327. The third kappa shape index (κ3) is 3.28. The van der Waals surface area contributed by atoms with Gasteiger partial charge in [-0.1, -0.05) is 15.9 Å². The monoisotopic (exact) mass is 327 g/mol. The first-order chi connectivity index (χ1) is 9.13. The first-order valence-corrected chi connectivity index (χ1v) is 7.33. The van der Waals surface area contributed by atoms with Gasteiger partial charge in [0.1, 0.15) is 5.75 Å². The normalized spacial score (nSPS) is 15.1. The summed E-state index contributed by atoms with van der Waals surface area (Å²) in [6, 6.07) is 5.16. The zero-order chi connectivity index (χ0) is 13.8. The maximum Gasteiger partial charge on any atom is 0.257 e. The Hall–Kier alpha value is -1.07. The van der Waals surface area contributed by atoms with Crippen LogP contribution in [0.15, 0.2) is 22.7 Å². The fraction of sp³-hybridized carbons (Fsp3) is 0.500. The molecule has 2 rings (SSSR count). The average Bonchev–Trinajstić information content (AvgIpc) is 2.31. The van der Waals surface area contributed by atoms with Crippen molar-refractivity contribution in [2.45, 2.75) is 31.7 Å². The zero-order valence-electron chi connectivity index (χ0n) is 10.7. The number of nitrogens with zero attached hydrogens (tertiary/aromatic N) is 1. The Morgan fingerprint density at radius 2 is 2.16 bits per heavy atom. The molecule has 0 aromatic heterocycles. The highest BCUT2D eigenvalue weighted by Gasteiger charge is 2.30. The molecule has 0 atom stereocenters. The highest BCUT2D eigenvalue weighted by Crippen LogP contribution is 2.29. The molecule has 0 spiro atoms. The quantitative estimate of drug-likeness (QED) is 0.873. The van der Waals surface area contributed by atoms with Crippen LogP contribution in [0.3, 0.4) is 0 Å². The molecule has 1 fully saturated rings. The molecule has 1 aliphatic carbocycles. The maximum absolute atomic E-state index is 12.5. The molecule has 1 amide bonds. The first kappa shape index (κ1) is 14.3. The smallest absolute Gasteiger partial charge is 0.257 e. The van der Waals surface area contributed by atoms with Crippen LogP contribution in [0.25, 0.3) is 0 Å². The van der Waals surface area contributed by atoms with Crippen LogP contribution in [0.4, 0.5) is 0 Å². The van der Waals surface area contributed by atoms with E-state index in [1.165, 1.54) is 6.07 Å². The number of amides is 1. The second kappa shape index (κ2) is 6.39. The zero-order valence-corrected chi connectivity index (χ0v) is 12.3. The number of rotatable bonds is 5. The third-order valence-corrected chi connectivity index (χ3v) is 4.02. The number of hydrogen-bond acceptors (Lipinski definition) is 3. The van der Waals surface area contributed by atoms with Gasteiger partial charge in [-0.25, -0.2) is 0 Å². The van der Waals surface area contributed by atoms with Crippen LogP contribution < -0.4 is 0 Å². The Morgan fingerprint density at radius 1 is 1.42 bits per heavy atom. The standard InChI is InChI=1S/C14H18BrNO3/c15-10-5-6-12(13(18)9-10)14(19)16(7-2-8-17)11-3-1-4-11/h5-6,9,11,17-18H,1-4,7-8H2. The summed E-state index contributed by atoms with van der Waals surface area (Å²) in [7, 11) is 0. The molecule has 1 aromatic carbocycles. The summed E-state index contributed by atoms with van der Waals surface area (Å²) in [5, 5.41) is 18.8. The maximum atomic E-state index is 12.5. The van der Waals surface area contributed by atoms with Crippen molar-refractivity contribution in [1.29, 1.82) is 0 Å². The van der Waals surface area contributed by atoms with Crippen molar-refractivity contribution in [2.75, 3.05) is 13.2 Å². The number of benzene rings is 1. The van der Waals surface area contributed by atoms with Crippen molar-refractivity contribution in [3.63, 3.8) is 0 Å². The lowest BCUT2D eigenvalue weighted by Gasteiger charge is -2.37. The van der Waals surface area contributed by atoms with E-state index in [-0.39, 0.29) is 24.3 Å². The van der Waals surface area contributed by atoms with Gasteiger partial charge in [-0.05, 0) is 43.9 Å². The van der Waals surface area contributed by atoms with Gasteiger partial charge in [0.15, 0.2) is 0 Å². The van der Waals surface area contributed by atoms with Crippen molar-refractivity contribution < 1.29 is 15.0 Å². The van der Waals surface area contributed by atoms with Crippen LogP contribution in [-0.4, -0.2) is 40.2 Å². The SMILES string of the molecule is O=C(c1ccc(Br)cc1O)N(CCCO)C1CCC1. The molecule has 0 heterocycles. The Balaban J connectivity index is 2.17. The number of halogens is 1. The van der Waals surface area contributed by atoms with Crippen LogP contribution >= 0.6 is 15.9 Å². The molecule has 0 aliphatic heterocycles. The topological polar surface area (TPSA) is 60.8 Å². The van der Waals surface area contributed by atoms with Crippen molar-refractivity contribution in [1.82, 2.24) is 4.90 Å². The summed E-state index contributed by atoms with van der Waals surface area (Å²) in [6.07, 6.45) is 3.72. The van der Waals surface area contributed by atoms with Crippen LogP contribution in [0.2, 0.25) is 0 Å². The summed E-state index contributed by atoms with van der Waals surface area (Å²) in [4.78, 5) is 14.3. The molecule has 4 nitrogen and oxygen atoms in total. The van der Waals surface area contributed by atoms with Gasteiger partial charge in [-0.2, -0.15) is 0 Å². The summed E-state index contributed by atoms with van der Waals surface area (Å²) >= 11 is 3.26. The highest BCUT2D eigenvalue weighted by molar-refractivity contribution is 9.10. The number of aromatic hydroxyl groups is 1. The molecule has 104 valence electrons. The Morgan fingerprint density at radius 3 is 2.68 bits per heavy atom. The Kier molecular flexibility index (Phi) is 4.82. The molecule has 1 aliphatic rings. The predicted octanol–water partition coefficient (Wildman–Crippen LogP) is 2.53. The lowest BCUT2D eigenvalue weighted by Crippen LogP contribution is -2.45. The second-order valence-electron chi connectivity index (χ2n) is 4.82. The molecule has 1 aromatic rings. The van der Waals surface area contributed by atoms with Crippen LogP contribution in [0.1, 0.15) is 36.0 Å². The minimum Gasteiger partial charge on any atom is -0.507 e. The van der Waals surface area contributed by atoms with Crippen molar-refractivity contribution in [3.8, 4) is 5.75 Å². The van der Waals surface area contributed by atoms with Crippen LogP contribution in [-0.2, 0) is 0 Å². The molecule has 19 heavy (non-hydrogen) atoms. The van der Waals surface area contributed by atoms with E-state index in [4.69, 9.17) is 5.11 Å². The van der Waals surface area contributed by atoms with E-state index >= 15 is 0 Å². The number of phenolic OH excluding ortho intramolecular Hbond substituents is 1. The molecule has 0 radical (unpaired) electrons. The largest absolute Gasteiger partial charge is 0.507 e. The van der Waals surface area contributed by atoms with E-state index in [0.717, 1.165) is 23.7 Å². The Bertz CT molecular complexity index is 460. The number of aliphatic hydroxyl groups excluding tert-OH is 1. The fourth-order valence-electron chi connectivity index (χ4n) is 2.23. The number of carbonyl (C=O) groups excluding carboxylic acids is 1. The van der Waals surface area contributed by atoms with E-state index < -0.39 is 0 Å². The van der Waals surface area contributed by atoms with Crippen molar-refractivity contribution in [3.05, 3.63) is 28.2 Å². The molecule has 2 N–H and O–H groups in total. The minimum atomic E-state index is -0.150. The molecule has 0 bridgehead atoms. The fourth-order valence-corrected chi connectivity index (χ4v) is 2.58. The molecule has 0 saturated heterocycles. The number of hydrogen-bond donors (Lipinski definition) is 2. The van der Waals surface area contributed by atoms with Gasteiger partial charge in [0, 0.05) is 23.7 Å². The van der Waals surface area contributed by atoms with Gasteiger partial charge >= 0.3 is 0 Å². The van der Waals surface area contributed by atoms with Crippen LogP contribution in [0.5, 0.6) is 5.75 Å². The van der Waals surface area contributed by atoms with Gasteiger partial charge in [0.2, 0.25) is 0 Å². The van der Waals surface area contributed by atoms with Gasteiger partial charge in [-0.15, -0.1) is 0 Å². The minimum absolute atomic E-state index is 0.00676. The van der Waals surface area contributed by atoms with Crippen molar-refractivity contribution in [2.24, 2.45) is 0 Å². The van der Waals surface area contributed by atoms with E-state index in [1.54, 1.807) is 17.0 Å². The lowest BCUT2D eigenvalue weighted by atomic mass is 9.90. The first-order valence-electron chi connectivity index (χ1n) is 6.54. The van der Waals surface area contributed by atoms with E-state index in [2.05, 4.69) is 15.9 Å². The van der Waals surface area contributed by atoms with E-state index in [9.17, 15) is 9.90 Å². The molecule has 0 unspecified atom stereocenters. The Labute approximate surface area is 121 Å². The lowest BCUT2D eigenvalue weighted by molar-refractivity contribution is 0.0559. The predicted molar refractivity (Wildman–Crippen MR) is 76.2 cm³/mol. The second-order valence-corrected chi connectivity index (χ2v) is 5.74. The van der Waals surface area contributed by atoms with E-state index in [1.807, 2.05) is 0 Å². The summed E-state index contributed by atoms with van der Waals surface area (Å²) < 4.78 is 0.743. The van der Waals surface area contributed by atoms with Gasteiger partial charge in [-0.3, -0.25) is 4.79 Å². The molecule has 5 heteroatoms. The van der Waals surface area contributed by atoms with Gasteiger partial charge in [0.25, 0.3) is 5.91 Å². The van der Waals surface area contributed by atoms with E-state index in [0.29, 0.717) is 18.5 Å². The number of carbonyl (C=O) groups is 1. The average molecular weight is 328 g/mol.